The second-order valence-corrected chi connectivity index (χ2v) is 7.01. The number of benzene rings is 1. The minimum absolute atomic E-state index is 0. The van der Waals surface area contributed by atoms with E-state index in [1.54, 1.807) is 0 Å². The number of morpholine rings is 1. The number of aliphatic imine (C=N–C) groups is 1. The van der Waals surface area contributed by atoms with Gasteiger partial charge in [0, 0.05) is 57.6 Å². The van der Waals surface area contributed by atoms with Crippen LogP contribution in [0.4, 0.5) is 0 Å². The molecule has 27 heavy (non-hydrogen) atoms. The smallest absolute Gasteiger partial charge is 0.193 e. The van der Waals surface area contributed by atoms with Crippen molar-refractivity contribution >= 4 is 40.9 Å². The average molecular weight is 484 g/mol. The number of rotatable bonds is 4. The van der Waals surface area contributed by atoms with Gasteiger partial charge >= 0.3 is 0 Å². The predicted molar refractivity (Wildman–Crippen MR) is 119 cm³/mol. The molecular formula is C20H29IN4O2. The maximum atomic E-state index is 5.89. The summed E-state index contributed by atoms with van der Waals surface area (Å²) in [6.07, 6.45) is 2.05. The zero-order valence-corrected chi connectivity index (χ0v) is 18.2. The Morgan fingerprint density at radius 3 is 2.81 bits per heavy atom. The molecule has 1 unspecified atom stereocenters. The lowest BCUT2D eigenvalue weighted by molar-refractivity contribution is 0.0195. The Labute approximate surface area is 177 Å². The molecular weight excluding hydrogens is 455 g/mol. The maximum absolute atomic E-state index is 5.89. The Kier molecular flexibility index (Phi) is 7.37. The molecule has 0 radical (unpaired) electrons. The molecule has 2 fully saturated rings. The van der Waals surface area contributed by atoms with Gasteiger partial charge in [-0.15, -0.1) is 24.0 Å². The van der Waals surface area contributed by atoms with E-state index in [1.807, 2.05) is 25.2 Å². The molecule has 1 aromatic heterocycles. The van der Waals surface area contributed by atoms with E-state index in [-0.39, 0.29) is 24.0 Å². The van der Waals surface area contributed by atoms with Gasteiger partial charge in [-0.1, -0.05) is 18.2 Å². The number of para-hydroxylation sites is 1. The molecule has 2 saturated heterocycles. The lowest BCUT2D eigenvalue weighted by Gasteiger charge is -2.32. The first-order valence-electron chi connectivity index (χ1n) is 9.58. The molecule has 0 spiro atoms. The van der Waals surface area contributed by atoms with E-state index in [0.29, 0.717) is 6.04 Å². The minimum Gasteiger partial charge on any atom is -0.461 e. The standard InChI is InChI=1S/C20H28N4O2.HI/c1-21-20(24-9-7-17(15-24)23-10-12-25-13-11-23)22-8-6-18-14-16-4-2-3-5-19(16)26-18;/h2-5,14,17H,6-13,15H2,1H3,(H,21,22);1H. The third-order valence-electron chi connectivity index (χ3n) is 5.37. The van der Waals surface area contributed by atoms with Crippen molar-refractivity contribution < 1.29 is 9.15 Å². The number of likely N-dealkylation sites (tertiary alicyclic amines) is 1. The second kappa shape index (κ2) is 9.75. The number of ether oxygens (including phenoxy) is 1. The van der Waals surface area contributed by atoms with E-state index >= 15 is 0 Å². The quantitative estimate of drug-likeness (QED) is 0.411. The lowest BCUT2D eigenvalue weighted by atomic mass is 10.2. The highest BCUT2D eigenvalue weighted by molar-refractivity contribution is 14.0. The van der Waals surface area contributed by atoms with E-state index in [0.717, 1.165) is 69.7 Å². The fourth-order valence-corrected chi connectivity index (χ4v) is 3.96. The Bertz CT molecular complexity index is 724. The molecule has 2 aliphatic rings. The van der Waals surface area contributed by atoms with Gasteiger partial charge in [0.1, 0.15) is 11.3 Å². The van der Waals surface area contributed by atoms with Gasteiger partial charge in [-0.05, 0) is 18.6 Å². The first kappa shape index (κ1) is 20.4. The van der Waals surface area contributed by atoms with Gasteiger partial charge < -0.3 is 19.4 Å². The normalized spacial score (nSPS) is 21.4. The van der Waals surface area contributed by atoms with Gasteiger partial charge in [0.15, 0.2) is 5.96 Å². The van der Waals surface area contributed by atoms with Crippen molar-refractivity contribution in [2.45, 2.75) is 18.9 Å². The number of guanidine groups is 1. The maximum Gasteiger partial charge on any atom is 0.193 e. The summed E-state index contributed by atoms with van der Waals surface area (Å²) < 4.78 is 11.4. The fraction of sp³-hybridized carbons (Fsp3) is 0.550. The molecule has 1 aromatic carbocycles. The monoisotopic (exact) mass is 484 g/mol. The van der Waals surface area contributed by atoms with Crippen molar-refractivity contribution in [3.8, 4) is 0 Å². The number of hydrogen-bond acceptors (Lipinski definition) is 4. The topological polar surface area (TPSA) is 53.2 Å². The van der Waals surface area contributed by atoms with Crippen molar-refractivity contribution in [2.24, 2.45) is 4.99 Å². The number of hydrogen-bond donors (Lipinski definition) is 1. The van der Waals surface area contributed by atoms with Crippen LogP contribution in [0.15, 0.2) is 39.7 Å². The molecule has 0 aliphatic carbocycles. The summed E-state index contributed by atoms with van der Waals surface area (Å²) in [5.74, 6) is 2.01. The molecule has 2 aromatic rings. The van der Waals surface area contributed by atoms with Crippen molar-refractivity contribution in [3.63, 3.8) is 0 Å². The van der Waals surface area contributed by atoms with E-state index in [4.69, 9.17) is 9.15 Å². The van der Waals surface area contributed by atoms with E-state index in [9.17, 15) is 0 Å². The summed E-state index contributed by atoms with van der Waals surface area (Å²) in [6.45, 7) is 6.76. The minimum atomic E-state index is 0. The number of furan rings is 1. The second-order valence-electron chi connectivity index (χ2n) is 7.01. The highest BCUT2D eigenvalue weighted by atomic mass is 127. The van der Waals surface area contributed by atoms with Crippen LogP contribution in [0.25, 0.3) is 11.0 Å². The van der Waals surface area contributed by atoms with Crippen LogP contribution in [0.5, 0.6) is 0 Å². The Balaban J connectivity index is 0.00000210. The summed E-state index contributed by atoms with van der Waals surface area (Å²) in [7, 11) is 1.87. The van der Waals surface area contributed by atoms with Crippen LogP contribution in [-0.4, -0.2) is 74.8 Å². The highest BCUT2D eigenvalue weighted by Gasteiger charge is 2.30. The summed E-state index contributed by atoms with van der Waals surface area (Å²) in [4.78, 5) is 9.42. The molecule has 1 N–H and O–H groups in total. The molecule has 2 aliphatic heterocycles. The molecule has 0 saturated carbocycles. The molecule has 7 heteroatoms. The van der Waals surface area contributed by atoms with E-state index in [2.05, 4.69) is 32.2 Å². The molecule has 148 valence electrons. The van der Waals surface area contributed by atoms with Gasteiger partial charge in [-0.3, -0.25) is 9.89 Å². The van der Waals surface area contributed by atoms with Crippen molar-refractivity contribution in [1.82, 2.24) is 15.1 Å². The van der Waals surface area contributed by atoms with Crippen LogP contribution in [0.1, 0.15) is 12.2 Å². The molecule has 1 atom stereocenters. The molecule has 3 heterocycles. The zero-order valence-electron chi connectivity index (χ0n) is 15.9. The number of nitrogens with one attached hydrogen (secondary N) is 1. The van der Waals surface area contributed by atoms with Crippen LogP contribution < -0.4 is 5.32 Å². The zero-order chi connectivity index (χ0) is 17.8. The van der Waals surface area contributed by atoms with Gasteiger partial charge in [0.25, 0.3) is 0 Å². The highest BCUT2D eigenvalue weighted by Crippen LogP contribution is 2.19. The summed E-state index contributed by atoms with van der Waals surface area (Å²) in [6, 6.07) is 10.9. The predicted octanol–water partition coefficient (Wildman–Crippen LogP) is 2.58. The van der Waals surface area contributed by atoms with Crippen LogP contribution in [0, 0.1) is 0 Å². The molecule has 6 nitrogen and oxygen atoms in total. The number of fused-ring (bicyclic) bond motifs is 1. The van der Waals surface area contributed by atoms with Crippen molar-refractivity contribution in [2.75, 3.05) is 53.0 Å². The fourth-order valence-electron chi connectivity index (χ4n) is 3.96. The summed E-state index contributed by atoms with van der Waals surface area (Å²) in [5, 5.41) is 4.67. The van der Waals surface area contributed by atoms with E-state index < -0.39 is 0 Å². The van der Waals surface area contributed by atoms with Crippen LogP contribution in [0.2, 0.25) is 0 Å². The molecule has 0 bridgehead atoms. The first-order chi connectivity index (χ1) is 12.8. The third-order valence-corrected chi connectivity index (χ3v) is 5.37. The Morgan fingerprint density at radius 2 is 2.04 bits per heavy atom. The third kappa shape index (κ3) is 4.94. The van der Waals surface area contributed by atoms with Crippen molar-refractivity contribution in [1.29, 1.82) is 0 Å². The van der Waals surface area contributed by atoms with Crippen LogP contribution >= 0.6 is 24.0 Å². The number of nitrogens with zero attached hydrogens (tertiary/aromatic N) is 3. The largest absolute Gasteiger partial charge is 0.461 e. The summed E-state index contributed by atoms with van der Waals surface area (Å²) >= 11 is 0. The summed E-state index contributed by atoms with van der Waals surface area (Å²) in [5.41, 5.74) is 0.958. The van der Waals surface area contributed by atoms with E-state index in [1.165, 1.54) is 11.8 Å². The van der Waals surface area contributed by atoms with Gasteiger partial charge in [0.2, 0.25) is 0 Å². The first-order valence-corrected chi connectivity index (χ1v) is 9.58. The van der Waals surface area contributed by atoms with Crippen LogP contribution in [0.3, 0.4) is 0 Å². The average Bonchev–Trinajstić information content (AvgIpc) is 3.33. The molecule has 4 rings (SSSR count). The van der Waals surface area contributed by atoms with Crippen molar-refractivity contribution in [3.05, 3.63) is 36.1 Å². The molecule has 0 amide bonds. The van der Waals surface area contributed by atoms with Gasteiger partial charge in [-0.2, -0.15) is 0 Å². The van der Waals surface area contributed by atoms with Gasteiger partial charge in [-0.25, -0.2) is 0 Å². The van der Waals surface area contributed by atoms with Gasteiger partial charge in [0.05, 0.1) is 13.2 Å². The number of halogens is 1. The SMILES string of the molecule is CN=C(NCCc1cc2ccccc2o1)N1CCC(N2CCOCC2)C1.I. The Morgan fingerprint density at radius 1 is 1.22 bits per heavy atom. The van der Waals surface area contributed by atoms with Crippen LogP contribution in [-0.2, 0) is 11.2 Å². The lowest BCUT2D eigenvalue weighted by Crippen LogP contribution is -2.46. The Hall–Kier alpha value is -1.32.